The van der Waals surface area contributed by atoms with Crippen LogP contribution in [0.25, 0.3) is 0 Å². The van der Waals surface area contributed by atoms with Gasteiger partial charge in [0.1, 0.15) is 11.4 Å². The number of amides is 1. The number of carbonyl (C=O) groups is 1. The van der Waals surface area contributed by atoms with Gasteiger partial charge in [-0.2, -0.15) is 5.10 Å². The summed E-state index contributed by atoms with van der Waals surface area (Å²) in [6.07, 6.45) is 1.45. The molecule has 0 radical (unpaired) electrons. The van der Waals surface area contributed by atoms with Gasteiger partial charge in [-0.1, -0.05) is 18.2 Å². The zero-order valence-corrected chi connectivity index (χ0v) is 10.9. The van der Waals surface area contributed by atoms with Crippen LogP contribution in [0, 0.1) is 0 Å². The molecule has 0 fully saturated rings. The zero-order chi connectivity index (χ0) is 13.8. The van der Waals surface area contributed by atoms with E-state index < -0.39 is 0 Å². The number of nitrogen functional groups attached to an aromatic ring is 1. The molecule has 6 heteroatoms. The minimum atomic E-state index is -0.283. The van der Waals surface area contributed by atoms with Gasteiger partial charge in [-0.25, -0.2) is 0 Å². The molecule has 100 valence electrons. The first kappa shape index (κ1) is 13.1. The smallest absolute Gasteiger partial charge is 0.261 e. The van der Waals surface area contributed by atoms with Crippen molar-refractivity contribution in [3.63, 3.8) is 0 Å². The number of anilines is 2. The molecule has 0 atom stereocenters. The van der Waals surface area contributed by atoms with Crippen molar-refractivity contribution < 1.29 is 9.53 Å². The summed E-state index contributed by atoms with van der Waals surface area (Å²) >= 11 is 0. The third-order valence-electron chi connectivity index (χ3n) is 2.79. The van der Waals surface area contributed by atoms with Gasteiger partial charge in [0.25, 0.3) is 5.91 Å². The fourth-order valence-corrected chi connectivity index (χ4v) is 1.74. The summed E-state index contributed by atoms with van der Waals surface area (Å²) in [5, 5.41) is 6.76. The molecule has 0 bridgehead atoms. The molecule has 1 amide bonds. The predicted octanol–water partition coefficient (Wildman–Crippen LogP) is 1.40. The van der Waals surface area contributed by atoms with Gasteiger partial charge in [-0.05, 0) is 6.07 Å². The lowest BCUT2D eigenvalue weighted by Gasteiger charge is -2.10. The second-order valence-electron chi connectivity index (χ2n) is 4.11. The van der Waals surface area contributed by atoms with Crippen molar-refractivity contribution >= 4 is 17.4 Å². The lowest BCUT2D eigenvalue weighted by atomic mass is 10.2. The van der Waals surface area contributed by atoms with E-state index in [0.29, 0.717) is 23.7 Å². The standard InChI is InChI=1S/C13H16N4O2/c1-17-12(14)10(7-15-17)13(18)16-11-6-4-3-5-9(11)8-19-2/h3-7H,8,14H2,1-2H3,(H,16,18). The number of ether oxygens (including phenoxy) is 1. The van der Waals surface area contributed by atoms with E-state index in [4.69, 9.17) is 10.5 Å². The number of aromatic nitrogens is 2. The van der Waals surface area contributed by atoms with E-state index in [-0.39, 0.29) is 5.91 Å². The number of para-hydroxylation sites is 1. The lowest BCUT2D eigenvalue weighted by Crippen LogP contribution is -2.15. The Labute approximate surface area is 111 Å². The normalized spacial score (nSPS) is 10.4. The first-order chi connectivity index (χ1) is 9.13. The minimum Gasteiger partial charge on any atom is -0.383 e. The molecular formula is C13H16N4O2. The summed E-state index contributed by atoms with van der Waals surface area (Å²) in [7, 11) is 3.29. The van der Waals surface area contributed by atoms with E-state index in [2.05, 4.69) is 10.4 Å². The third-order valence-corrected chi connectivity index (χ3v) is 2.79. The van der Waals surface area contributed by atoms with Gasteiger partial charge in [0.05, 0.1) is 12.8 Å². The highest BCUT2D eigenvalue weighted by molar-refractivity contribution is 6.07. The minimum absolute atomic E-state index is 0.283. The van der Waals surface area contributed by atoms with Gasteiger partial charge in [0.2, 0.25) is 0 Å². The van der Waals surface area contributed by atoms with E-state index >= 15 is 0 Å². The first-order valence-corrected chi connectivity index (χ1v) is 5.79. The van der Waals surface area contributed by atoms with Crippen molar-refractivity contribution in [2.24, 2.45) is 7.05 Å². The van der Waals surface area contributed by atoms with E-state index in [1.807, 2.05) is 24.3 Å². The number of methoxy groups -OCH3 is 1. The van der Waals surface area contributed by atoms with Crippen LogP contribution in [0.4, 0.5) is 11.5 Å². The molecule has 6 nitrogen and oxygen atoms in total. The van der Waals surface area contributed by atoms with Crippen molar-refractivity contribution in [3.8, 4) is 0 Å². The van der Waals surface area contributed by atoms with Crippen LogP contribution in [-0.4, -0.2) is 22.8 Å². The number of aryl methyl sites for hydroxylation is 1. The van der Waals surface area contributed by atoms with Gasteiger partial charge in [-0.3, -0.25) is 9.48 Å². The van der Waals surface area contributed by atoms with Crippen LogP contribution in [0.2, 0.25) is 0 Å². The van der Waals surface area contributed by atoms with Crippen LogP contribution in [0.1, 0.15) is 15.9 Å². The lowest BCUT2D eigenvalue weighted by molar-refractivity contribution is 0.102. The van der Waals surface area contributed by atoms with Crippen LogP contribution < -0.4 is 11.1 Å². The van der Waals surface area contributed by atoms with E-state index in [9.17, 15) is 4.79 Å². The van der Waals surface area contributed by atoms with Gasteiger partial charge in [-0.15, -0.1) is 0 Å². The summed E-state index contributed by atoms with van der Waals surface area (Å²) in [5.74, 6) is 0.0517. The summed E-state index contributed by atoms with van der Waals surface area (Å²) in [4.78, 5) is 12.1. The monoisotopic (exact) mass is 260 g/mol. The number of nitrogens with two attached hydrogens (primary N) is 1. The largest absolute Gasteiger partial charge is 0.383 e. The maximum atomic E-state index is 12.1. The Morgan fingerprint density at radius 1 is 1.47 bits per heavy atom. The summed E-state index contributed by atoms with van der Waals surface area (Å²) in [5.41, 5.74) is 7.73. The molecule has 3 N–H and O–H groups in total. The number of hydrogen-bond acceptors (Lipinski definition) is 4. The number of carbonyl (C=O) groups excluding carboxylic acids is 1. The SMILES string of the molecule is COCc1ccccc1NC(=O)c1cnn(C)c1N. The van der Waals surface area contributed by atoms with Crippen molar-refractivity contribution in [3.05, 3.63) is 41.6 Å². The van der Waals surface area contributed by atoms with Gasteiger partial charge in [0.15, 0.2) is 0 Å². The molecule has 1 heterocycles. The Kier molecular flexibility index (Phi) is 3.82. The molecule has 0 spiro atoms. The van der Waals surface area contributed by atoms with Crippen LogP contribution in [0.15, 0.2) is 30.5 Å². The van der Waals surface area contributed by atoms with Crippen LogP contribution >= 0.6 is 0 Å². The predicted molar refractivity (Wildman–Crippen MR) is 72.7 cm³/mol. The van der Waals surface area contributed by atoms with Crippen molar-refractivity contribution in [1.29, 1.82) is 0 Å². The summed E-state index contributed by atoms with van der Waals surface area (Å²) < 4.78 is 6.55. The third kappa shape index (κ3) is 2.74. The molecule has 0 aliphatic rings. The molecule has 0 aliphatic carbocycles. The Hall–Kier alpha value is -2.34. The maximum Gasteiger partial charge on any atom is 0.261 e. The highest BCUT2D eigenvalue weighted by Gasteiger charge is 2.14. The van der Waals surface area contributed by atoms with Gasteiger partial charge in [0, 0.05) is 25.4 Å². The number of hydrogen-bond donors (Lipinski definition) is 2. The molecule has 2 rings (SSSR count). The fraction of sp³-hybridized carbons (Fsp3) is 0.231. The average Bonchev–Trinajstić information content (AvgIpc) is 2.73. The molecule has 0 saturated heterocycles. The Balaban J connectivity index is 2.22. The molecule has 2 aromatic rings. The average molecular weight is 260 g/mol. The first-order valence-electron chi connectivity index (χ1n) is 5.79. The summed E-state index contributed by atoms with van der Waals surface area (Å²) in [6, 6.07) is 7.45. The van der Waals surface area contributed by atoms with Crippen LogP contribution in [-0.2, 0) is 18.4 Å². The quantitative estimate of drug-likeness (QED) is 0.870. The molecule has 0 aliphatic heterocycles. The molecule has 1 aromatic heterocycles. The molecule has 0 saturated carbocycles. The van der Waals surface area contributed by atoms with Crippen LogP contribution in [0.5, 0.6) is 0 Å². The van der Waals surface area contributed by atoms with Gasteiger partial charge >= 0.3 is 0 Å². The number of rotatable bonds is 4. The van der Waals surface area contributed by atoms with Gasteiger partial charge < -0.3 is 15.8 Å². The van der Waals surface area contributed by atoms with E-state index in [1.165, 1.54) is 10.9 Å². The second kappa shape index (κ2) is 5.53. The zero-order valence-electron chi connectivity index (χ0n) is 10.9. The van der Waals surface area contributed by atoms with E-state index in [1.54, 1.807) is 14.2 Å². The Morgan fingerprint density at radius 3 is 2.84 bits per heavy atom. The van der Waals surface area contributed by atoms with Crippen molar-refractivity contribution in [2.75, 3.05) is 18.2 Å². The van der Waals surface area contributed by atoms with E-state index in [0.717, 1.165) is 5.56 Å². The number of nitrogens with zero attached hydrogens (tertiary/aromatic N) is 2. The molecule has 1 aromatic carbocycles. The maximum absolute atomic E-state index is 12.1. The number of nitrogens with one attached hydrogen (secondary N) is 1. The molecule has 19 heavy (non-hydrogen) atoms. The Bertz CT molecular complexity index is 592. The Morgan fingerprint density at radius 2 is 2.21 bits per heavy atom. The topological polar surface area (TPSA) is 82.2 Å². The number of benzene rings is 1. The molecular weight excluding hydrogens is 244 g/mol. The van der Waals surface area contributed by atoms with Crippen molar-refractivity contribution in [2.45, 2.75) is 6.61 Å². The molecule has 0 unspecified atom stereocenters. The van der Waals surface area contributed by atoms with Crippen molar-refractivity contribution in [1.82, 2.24) is 9.78 Å². The second-order valence-corrected chi connectivity index (χ2v) is 4.11. The van der Waals surface area contributed by atoms with Crippen LogP contribution in [0.3, 0.4) is 0 Å². The highest BCUT2D eigenvalue weighted by Crippen LogP contribution is 2.18. The summed E-state index contributed by atoms with van der Waals surface area (Å²) in [6.45, 7) is 0.430. The fourth-order valence-electron chi connectivity index (χ4n) is 1.74. The highest BCUT2D eigenvalue weighted by atomic mass is 16.5.